The fraction of sp³-hybridized carbons (Fsp3) is 0.200. The molecular formula is C15H13BrClFO2. The molecular weight excluding hydrogens is 347 g/mol. The standard InChI is InChI=1S/C15H13BrClFO2/c1-9(19)12-7-11(16)3-5-15(12)20-8-10-2-4-13(17)14(18)6-10/h2-7,9,19H,8H2,1H3/t9-/m1/s1. The van der Waals surface area contributed by atoms with Gasteiger partial charge in [-0.2, -0.15) is 0 Å². The highest BCUT2D eigenvalue weighted by molar-refractivity contribution is 9.10. The van der Waals surface area contributed by atoms with E-state index in [1.165, 1.54) is 12.1 Å². The Morgan fingerprint density at radius 2 is 2.05 bits per heavy atom. The van der Waals surface area contributed by atoms with Gasteiger partial charge in [0.2, 0.25) is 0 Å². The Balaban J connectivity index is 2.16. The topological polar surface area (TPSA) is 29.5 Å². The second kappa shape index (κ2) is 6.57. The molecule has 0 aliphatic carbocycles. The molecule has 0 amide bonds. The zero-order chi connectivity index (χ0) is 14.7. The summed E-state index contributed by atoms with van der Waals surface area (Å²) >= 11 is 8.98. The summed E-state index contributed by atoms with van der Waals surface area (Å²) in [6, 6.07) is 9.91. The van der Waals surface area contributed by atoms with Gasteiger partial charge in [-0.05, 0) is 42.8 Å². The van der Waals surface area contributed by atoms with Gasteiger partial charge in [0.25, 0.3) is 0 Å². The van der Waals surface area contributed by atoms with Crippen LogP contribution in [0.5, 0.6) is 5.75 Å². The molecule has 0 aliphatic heterocycles. The molecule has 0 fully saturated rings. The monoisotopic (exact) mass is 358 g/mol. The van der Waals surface area contributed by atoms with Crippen molar-refractivity contribution in [1.29, 1.82) is 0 Å². The smallest absolute Gasteiger partial charge is 0.142 e. The molecule has 2 aromatic carbocycles. The average Bonchev–Trinajstić information content (AvgIpc) is 2.41. The van der Waals surface area contributed by atoms with Gasteiger partial charge >= 0.3 is 0 Å². The van der Waals surface area contributed by atoms with E-state index in [1.807, 2.05) is 6.07 Å². The van der Waals surface area contributed by atoms with E-state index in [2.05, 4.69) is 15.9 Å². The van der Waals surface area contributed by atoms with E-state index in [0.29, 0.717) is 16.9 Å². The van der Waals surface area contributed by atoms with E-state index >= 15 is 0 Å². The van der Waals surface area contributed by atoms with Gasteiger partial charge in [0.1, 0.15) is 18.2 Å². The molecule has 2 nitrogen and oxygen atoms in total. The molecule has 1 N–H and O–H groups in total. The minimum absolute atomic E-state index is 0.0852. The first-order valence-corrected chi connectivity index (χ1v) is 7.18. The molecule has 0 radical (unpaired) electrons. The van der Waals surface area contributed by atoms with Gasteiger partial charge in [0.15, 0.2) is 0 Å². The Bertz CT molecular complexity index is 617. The molecule has 5 heteroatoms. The summed E-state index contributed by atoms with van der Waals surface area (Å²) in [7, 11) is 0. The highest BCUT2D eigenvalue weighted by atomic mass is 79.9. The highest BCUT2D eigenvalue weighted by Crippen LogP contribution is 2.29. The molecule has 0 saturated carbocycles. The summed E-state index contributed by atoms with van der Waals surface area (Å²) in [5.74, 6) is 0.0953. The van der Waals surface area contributed by atoms with Gasteiger partial charge in [-0.25, -0.2) is 4.39 Å². The van der Waals surface area contributed by atoms with E-state index < -0.39 is 11.9 Å². The molecule has 0 aliphatic rings. The minimum atomic E-state index is -0.649. The lowest BCUT2D eigenvalue weighted by Crippen LogP contribution is -2.01. The SMILES string of the molecule is C[C@@H](O)c1cc(Br)ccc1OCc1ccc(Cl)c(F)c1. The third-order valence-electron chi connectivity index (χ3n) is 2.80. The van der Waals surface area contributed by atoms with Crippen molar-refractivity contribution in [2.75, 3.05) is 0 Å². The average molecular weight is 360 g/mol. The second-order valence-corrected chi connectivity index (χ2v) is 5.72. The molecule has 0 unspecified atom stereocenters. The summed E-state index contributed by atoms with van der Waals surface area (Å²) in [4.78, 5) is 0. The second-order valence-electron chi connectivity index (χ2n) is 4.40. The first kappa shape index (κ1) is 15.3. The molecule has 106 valence electrons. The maximum Gasteiger partial charge on any atom is 0.142 e. The van der Waals surface area contributed by atoms with Crippen molar-refractivity contribution < 1.29 is 14.2 Å². The number of benzene rings is 2. The molecule has 2 rings (SSSR count). The molecule has 2 aromatic rings. The van der Waals surface area contributed by atoms with Crippen molar-refractivity contribution in [3.8, 4) is 5.75 Å². The van der Waals surface area contributed by atoms with Gasteiger partial charge in [-0.3, -0.25) is 0 Å². The van der Waals surface area contributed by atoms with Crippen molar-refractivity contribution in [2.24, 2.45) is 0 Å². The predicted octanol–water partition coefficient (Wildman–Crippen LogP) is 4.87. The molecule has 0 saturated heterocycles. The van der Waals surface area contributed by atoms with Crippen LogP contribution in [0.25, 0.3) is 0 Å². The third kappa shape index (κ3) is 3.72. The number of hydrogen-bond donors (Lipinski definition) is 1. The fourth-order valence-electron chi connectivity index (χ4n) is 1.77. The molecule has 0 heterocycles. The van der Waals surface area contributed by atoms with E-state index in [1.54, 1.807) is 25.1 Å². The third-order valence-corrected chi connectivity index (χ3v) is 3.60. The lowest BCUT2D eigenvalue weighted by Gasteiger charge is -2.14. The van der Waals surface area contributed by atoms with Crippen LogP contribution in [0.15, 0.2) is 40.9 Å². The summed E-state index contributed by atoms with van der Waals surface area (Å²) < 4.78 is 19.8. The predicted molar refractivity (Wildman–Crippen MR) is 80.5 cm³/mol. The van der Waals surface area contributed by atoms with Crippen LogP contribution in [0.4, 0.5) is 4.39 Å². The van der Waals surface area contributed by atoms with E-state index in [0.717, 1.165) is 4.47 Å². The van der Waals surface area contributed by atoms with Crippen LogP contribution in [-0.4, -0.2) is 5.11 Å². The van der Waals surface area contributed by atoms with Crippen LogP contribution in [0, 0.1) is 5.82 Å². The van der Waals surface area contributed by atoms with Crippen molar-refractivity contribution >= 4 is 27.5 Å². The van der Waals surface area contributed by atoms with E-state index in [4.69, 9.17) is 16.3 Å². The zero-order valence-corrected chi connectivity index (χ0v) is 13.1. The van der Waals surface area contributed by atoms with Gasteiger partial charge in [-0.15, -0.1) is 0 Å². The Morgan fingerprint density at radius 3 is 2.70 bits per heavy atom. The van der Waals surface area contributed by atoms with Crippen molar-refractivity contribution in [3.05, 3.63) is 62.8 Å². The quantitative estimate of drug-likeness (QED) is 0.843. The van der Waals surface area contributed by atoms with Gasteiger partial charge < -0.3 is 9.84 Å². The minimum Gasteiger partial charge on any atom is -0.489 e. The molecule has 0 spiro atoms. The first-order chi connectivity index (χ1) is 9.47. The Hall–Kier alpha value is -1.10. The van der Waals surface area contributed by atoms with Crippen LogP contribution in [0.1, 0.15) is 24.2 Å². The van der Waals surface area contributed by atoms with Crippen LogP contribution in [0.3, 0.4) is 0 Å². The molecule has 1 atom stereocenters. The largest absolute Gasteiger partial charge is 0.489 e. The number of aliphatic hydroxyl groups excluding tert-OH is 1. The summed E-state index contributed by atoms with van der Waals surface area (Å²) in [6.07, 6.45) is -0.649. The van der Waals surface area contributed by atoms with Crippen LogP contribution in [-0.2, 0) is 6.61 Å². The highest BCUT2D eigenvalue weighted by Gasteiger charge is 2.10. The van der Waals surface area contributed by atoms with Crippen molar-refractivity contribution in [1.82, 2.24) is 0 Å². The van der Waals surface area contributed by atoms with Gasteiger partial charge in [0, 0.05) is 10.0 Å². The van der Waals surface area contributed by atoms with Gasteiger partial charge in [-0.1, -0.05) is 33.6 Å². The van der Waals surface area contributed by atoms with Crippen LogP contribution < -0.4 is 4.74 Å². The summed E-state index contributed by atoms with van der Waals surface area (Å²) in [5.41, 5.74) is 1.35. The Labute approximate surface area is 130 Å². The number of aliphatic hydroxyl groups is 1. The van der Waals surface area contributed by atoms with Crippen LogP contribution in [0.2, 0.25) is 5.02 Å². The fourth-order valence-corrected chi connectivity index (χ4v) is 2.26. The zero-order valence-electron chi connectivity index (χ0n) is 10.7. The number of rotatable bonds is 4. The van der Waals surface area contributed by atoms with Crippen molar-refractivity contribution in [2.45, 2.75) is 19.6 Å². The van der Waals surface area contributed by atoms with E-state index in [9.17, 15) is 9.50 Å². The Kier molecular flexibility index (Phi) is 5.02. The summed E-state index contributed by atoms with van der Waals surface area (Å²) in [5, 5.41) is 9.81. The molecule has 0 bridgehead atoms. The lowest BCUT2D eigenvalue weighted by atomic mass is 10.1. The van der Waals surface area contributed by atoms with Crippen molar-refractivity contribution in [3.63, 3.8) is 0 Å². The summed E-state index contributed by atoms with van der Waals surface area (Å²) in [6.45, 7) is 1.87. The number of ether oxygens (including phenoxy) is 1. The molecule has 20 heavy (non-hydrogen) atoms. The van der Waals surface area contributed by atoms with Gasteiger partial charge in [0.05, 0.1) is 11.1 Å². The number of hydrogen-bond acceptors (Lipinski definition) is 2. The first-order valence-electron chi connectivity index (χ1n) is 6.01. The Morgan fingerprint density at radius 1 is 1.30 bits per heavy atom. The maximum atomic E-state index is 13.3. The van der Waals surface area contributed by atoms with E-state index in [-0.39, 0.29) is 11.6 Å². The van der Waals surface area contributed by atoms with Crippen LogP contribution >= 0.6 is 27.5 Å². The number of halogens is 3. The maximum absolute atomic E-state index is 13.3. The molecule has 0 aromatic heterocycles. The lowest BCUT2D eigenvalue weighted by molar-refractivity contribution is 0.190. The normalized spacial score (nSPS) is 12.2.